The Morgan fingerprint density at radius 2 is 1.72 bits per heavy atom. The number of nitrogens with zero attached hydrogens (tertiary/aromatic N) is 6. The number of nitriles is 1. The molecule has 9 nitrogen and oxygen atoms in total. The minimum Gasteiger partial charge on any atom is -0.505 e. The van der Waals surface area contributed by atoms with Crippen molar-refractivity contribution >= 4 is 80.6 Å². The zero-order chi connectivity index (χ0) is 34.6. The highest BCUT2D eigenvalue weighted by atomic mass is 35.5. The van der Waals surface area contributed by atoms with Gasteiger partial charge in [-0.1, -0.05) is 78.4 Å². The van der Waals surface area contributed by atoms with Gasteiger partial charge in [0.25, 0.3) is 5.56 Å². The summed E-state index contributed by atoms with van der Waals surface area (Å²) in [4.78, 5) is 40.4. The van der Waals surface area contributed by atoms with Gasteiger partial charge in [0.1, 0.15) is 22.3 Å². The number of aromatic hydroxyl groups is 1. The number of benzene rings is 1. The van der Waals surface area contributed by atoms with E-state index in [4.69, 9.17) is 63.0 Å². The van der Waals surface area contributed by atoms with E-state index in [2.05, 4.69) is 17.6 Å². The molecule has 4 heterocycles. The molecule has 14 heteroatoms. The van der Waals surface area contributed by atoms with Crippen LogP contribution in [0.15, 0.2) is 35.8 Å². The molecular weight excluding hydrogens is 706 g/mol. The Morgan fingerprint density at radius 1 is 1.09 bits per heavy atom. The lowest BCUT2D eigenvalue weighted by atomic mass is 10.0. The number of anilines is 1. The average Bonchev–Trinajstić information content (AvgIpc) is 3.02. The van der Waals surface area contributed by atoms with E-state index in [1.54, 1.807) is 23.2 Å². The number of hydrogen-bond acceptors (Lipinski definition) is 7. The van der Waals surface area contributed by atoms with E-state index in [1.807, 2.05) is 39.5 Å². The van der Waals surface area contributed by atoms with Crippen LogP contribution in [-0.2, 0) is 4.79 Å². The fourth-order valence-corrected chi connectivity index (χ4v) is 7.56. The van der Waals surface area contributed by atoms with E-state index in [0.29, 0.717) is 41.1 Å². The van der Waals surface area contributed by atoms with E-state index in [0.717, 1.165) is 0 Å². The summed E-state index contributed by atoms with van der Waals surface area (Å²) < 4.78 is 1.36. The molecule has 0 radical (unpaired) electrons. The summed E-state index contributed by atoms with van der Waals surface area (Å²) in [5.74, 6) is -0.850. The van der Waals surface area contributed by atoms with Crippen molar-refractivity contribution in [3.05, 3.63) is 83.3 Å². The predicted octanol–water partition coefficient (Wildman–Crippen LogP) is 8.34. The van der Waals surface area contributed by atoms with E-state index < -0.39 is 11.3 Å². The number of pyridine rings is 3. The van der Waals surface area contributed by atoms with Crippen LogP contribution in [0.1, 0.15) is 50.4 Å². The van der Waals surface area contributed by atoms with Gasteiger partial charge in [0.05, 0.1) is 42.9 Å². The van der Waals surface area contributed by atoms with Gasteiger partial charge >= 0.3 is 0 Å². The highest BCUT2D eigenvalue weighted by Crippen LogP contribution is 2.51. The van der Waals surface area contributed by atoms with E-state index >= 15 is 0 Å². The number of phenolic OH excluding ortho intramolecular Hbond substituents is 1. The zero-order valence-corrected chi connectivity index (χ0v) is 29.8. The van der Waals surface area contributed by atoms with Gasteiger partial charge in [-0.15, -0.1) is 0 Å². The largest absolute Gasteiger partial charge is 0.505 e. The summed E-state index contributed by atoms with van der Waals surface area (Å²) >= 11 is 32.6. The standard InChI is InChI=1S/C33H29Cl5N6O3/c1-7-21(45)43-16(5)12-42(13-17(43)6)30-18-10-20(34)28(22-23(35)25(37)26(38)31(46)24(22)36)41-32(18)44(33(47)19(30)11-39)29-15(4)8-9-40-27(29)14(2)3/h7-10,14,16-17,46H,1,12-13H2,2-6H3/t16-,17+. The van der Waals surface area contributed by atoms with Gasteiger partial charge < -0.3 is 14.9 Å². The van der Waals surface area contributed by atoms with Crippen LogP contribution in [-0.4, -0.2) is 55.6 Å². The first kappa shape index (κ1) is 34.8. The molecule has 1 fully saturated rings. The highest BCUT2D eigenvalue weighted by molar-refractivity contribution is 6.52. The fraction of sp³-hybridized carbons (Fsp3) is 0.303. The topological polar surface area (TPSA) is 115 Å². The zero-order valence-electron chi connectivity index (χ0n) is 26.0. The number of fused-ring (bicyclic) bond motifs is 1. The van der Waals surface area contributed by atoms with Crippen molar-refractivity contribution in [2.24, 2.45) is 0 Å². The molecule has 5 rings (SSSR count). The average molecular weight is 735 g/mol. The van der Waals surface area contributed by atoms with Crippen LogP contribution in [0.25, 0.3) is 28.0 Å². The summed E-state index contributed by atoms with van der Waals surface area (Å²) in [6.07, 6.45) is 2.92. The van der Waals surface area contributed by atoms with E-state index in [1.165, 1.54) is 10.6 Å². The van der Waals surface area contributed by atoms with Crippen molar-refractivity contribution in [3.8, 4) is 28.8 Å². The number of halogens is 5. The van der Waals surface area contributed by atoms with Gasteiger partial charge in [-0.3, -0.25) is 19.1 Å². The molecule has 0 unspecified atom stereocenters. The Bertz CT molecular complexity index is 2050. The maximum Gasteiger partial charge on any atom is 0.276 e. The molecule has 1 aliphatic heterocycles. The number of piperazine rings is 1. The molecule has 1 aliphatic rings. The molecule has 4 aromatic rings. The first-order valence-corrected chi connectivity index (χ1v) is 16.4. The summed E-state index contributed by atoms with van der Waals surface area (Å²) in [5.41, 5.74) is 1.47. The molecule has 0 bridgehead atoms. The minimum atomic E-state index is -0.632. The number of carbonyl (C=O) groups is 1. The number of aryl methyl sites for hydroxylation is 1. The van der Waals surface area contributed by atoms with Crippen LogP contribution < -0.4 is 10.5 Å². The van der Waals surface area contributed by atoms with Gasteiger partial charge in [-0.25, -0.2) is 4.98 Å². The number of aromatic nitrogens is 3. The molecule has 1 saturated heterocycles. The molecule has 0 aliphatic carbocycles. The summed E-state index contributed by atoms with van der Waals surface area (Å²) in [5, 5.41) is 20.9. The van der Waals surface area contributed by atoms with Crippen molar-refractivity contribution in [1.29, 1.82) is 5.26 Å². The van der Waals surface area contributed by atoms with Crippen molar-refractivity contribution in [1.82, 2.24) is 19.4 Å². The van der Waals surface area contributed by atoms with Crippen molar-refractivity contribution in [2.75, 3.05) is 18.0 Å². The lowest BCUT2D eigenvalue weighted by Gasteiger charge is -2.45. The molecule has 1 N–H and O–H groups in total. The van der Waals surface area contributed by atoms with Crippen molar-refractivity contribution < 1.29 is 9.90 Å². The molecule has 47 heavy (non-hydrogen) atoms. The van der Waals surface area contributed by atoms with Crippen molar-refractivity contribution in [3.63, 3.8) is 0 Å². The second kappa shape index (κ2) is 13.2. The number of rotatable bonds is 5. The molecule has 244 valence electrons. The Morgan fingerprint density at radius 3 is 2.30 bits per heavy atom. The van der Waals surface area contributed by atoms with Gasteiger partial charge in [0.2, 0.25) is 5.91 Å². The molecule has 0 spiro atoms. The smallest absolute Gasteiger partial charge is 0.276 e. The number of hydrogen-bond donors (Lipinski definition) is 1. The van der Waals surface area contributed by atoms with Crippen LogP contribution in [0, 0.1) is 18.3 Å². The van der Waals surface area contributed by atoms with Gasteiger partial charge in [-0.05, 0) is 50.5 Å². The lowest BCUT2D eigenvalue weighted by Crippen LogP contribution is -2.58. The molecular formula is C33H29Cl5N6O3. The molecule has 3 aromatic heterocycles. The third-order valence-corrected chi connectivity index (χ3v) is 10.2. The minimum absolute atomic E-state index is 0.00262. The third-order valence-electron chi connectivity index (χ3n) is 8.25. The van der Waals surface area contributed by atoms with Crippen LogP contribution in [0.3, 0.4) is 0 Å². The Balaban J connectivity index is 1.95. The molecule has 2 atom stereocenters. The molecule has 0 saturated carbocycles. The van der Waals surface area contributed by atoms with Gasteiger partial charge in [0, 0.05) is 42.3 Å². The molecule has 1 amide bonds. The van der Waals surface area contributed by atoms with Gasteiger partial charge in [0.15, 0.2) is 5.75 Å². The van der Waals surface area contributed by atoms with E-state index in [-0.39, 0.29) is 71.5 Å². The molecule has 1 aromatic carbocycles. The maximum atomic E-state index is 14.6. The fourth-order valence-electron chi connectivity index (χ4n) is 6.24. The number of amides is 1. The maximum absolute atomic E-state index is 14.6. The first-order valence-electron chi connectivity index (χ1n) is 14.6. The first-order chi connectivity index (χ1) is 22.2. The summed E-state index contributed by atoms with van der Waals surface area (Å²) in [6, 6.07) is 4.90. The van der Waals surface area contributed by atoms with Crippen LogP contribution in [0.5, 0.6) is 5.75 Å². The number of phenols is 1. The second-order valence-corrected chi connectivity index (χ2v) is 13.6. The Kier molecular flexibility index (Phi) is 9.76. The van der Waals surface area contributed by atoms with Crippen LogP contribution in [0.4, 0.5) is 5.69 Å². The van der Waals surface area contributed by atoms with Crippen LogP contribution >= 0.6 is 58.0 Å². The van der Waals surface area contributed by atoms with Crippen LogP contribution in [0.2, 0.25) is 25.1 Å². The summed E-state index contributed by atoms with van der Waals surface area (Å²) in [7, 11) is 0. The monoisotopic (exact) mass is 732 g/mol. The van der Waals surface area contributed by atoms with Gasteiger partial charge in [-0.2, -0.15) is 5.26 Å². The predicted molar refractivity (Wildman–Crippen MR) is 189 cm³/mol. The quantitative estimate of drug-likeness (QED) is 0.125. The Labute approximate surface area is 296 Å². The lowest BCUT2D eigenvalue weighted by molar-refractivity contribution is -0.130. The Hall–Kier alpha value is -3.52. The summed E-state index contributed by atoms with van der Waals surface area (Å²) in [6.45, 7) is 13.7. The van der Waals surface area contributed by atoms with Crippen molar-refractivity contribution in [2.45, 2.75) is 52.6 Å². The van der Waals surface area contributed by atoms with E-state index in [9.17, 15) is 20.0 Å². The third kappa shape index (κ3) is 5.70. The normalized spacial score (nSPS) is 16.6. The number of carbonyl (C=O) groups excluding carboxylic acids is 1. The SMILES string of the molecule is C=CC(=O)N1[C@H](C)CN(c2c(C#N)c(=O)n(-c3c(C)ccnc3C(C)C)c3nc(-c4c(Cl)c(O)c(Cl)c(Cl)c4Cl)c(Cl)cc23)C[C@@H]1C. The second-order valence-electron chi connectivity index (χ2n) is 11.7. The highest BCUT2D eigenvalue weighted by Gasteiger charge is 2.36.